The second-order valence-electron chi connectivity index (χ2n) is 9.97. The summed E-state index contributed by atoms with van der Waals surface area (Å²) in [5, 5.41) is 0. The minimum absolute atomic E-state index is 0. The van der Waals surface area contributed by atoms with Crippen LogP contribution in [0.25, 0.3) is 0 Å². The van der Waals surface area contributed by atoms with Crippen LogP contribution in [-0.2, 0) is 0 Å². The number of likely N-dealkylation sites (N-methyl/N-ethyl adjacent to an activating group) is 1. The summed E-state index contributed by atoms with van der Waals surface area (Å²) in [5.41, 5.74) is 5.02. The van der Waals surface area contributed by atoms with Gasteiger partial charge in [0.05, 0.1) is 26.0 Å². The van der Waals surface area contributed by atoms with Crippen molar-refractivity contribution in [3.8, 4) is 11.5 Å². The number of hydrogen-bond acceptors (Lipinski definition) is 5. The van der Waals surface area contributed by atoms with Crippen LogP contribution in [0.1, 0.15) is 67.1 Å². The second-order valence-corrected chi connectivity index (χ2v) is 9.97. The maximum Gasteiger partial charge on any atom is 0.254 e. The zero-order valence-electron chi connectivity index (χ0n) is 21.9. The normalized spacial score (nSPS) is 19.4. The predicted octanol–water partition coefficient (Wildman–Crippen LogP) is 5.02. The van der Waals surface area contributed by atoms with Crippen LogP contribution in [-0.4, -0.2) is 73.9 Å². The lowest BCUT2D eigenvalue weighted by Crippen LogP contribution is -2.42. The van der Waals surface area contributed by atoms with Crippen LogP contribution >= 0.6 is 12.4 Å². The van der Waals surface area contributed by atoms with Crippen molar-refractivity contribution in [1.82, 2.24) is 9.80 Å². The van der Waals surface area contributed by atoms with E-state index in [0.29, 0.717) is 17.2 Å². The molecule has 190 valence electrons. The molecule has 0 unspecified atom stereocenters. The van der Waals surface area contributed by atoms with E-state index in [0.717, 1.165) is 42.1 Å². The van der Waals surface area contributed by atoms with Gasteiger partial charge in [-0.2, -0.15) is 0 Å². The quantitative estimate of drug-likeness (QED) is 0.559. The van der Waals surface area contributed by atoms with Gasteiger partial charge in [0.2, 0.25) is 0 Å². The van der Waals surface area contributed by atoms with Crippen LogP contribution < -0.4 is 9.47 Å². The van der Waals surface area contributed by atoms with Gasteiger partial charge in [-0.05, 0) is 77.5 Å². The molecule has 0 N–H and O–H groups in total. The Bertz CT molecular complexity index is 1070. The van der Waals surface area contributed by atoms with Gasteiger partial charge in [0.25, 0.3) is 5.91 Å². The third-order valence-corrected chi connectivity index (χ3v) is 7.04. The Hall–Kier alpha value is -2.57. The number of nitrogens with zero attached hydrogens (tertiary/aromatic N) is 3. The lowest BCUT2D eigenvalue weighted by atomic mass is 9.79. The largest absolute Gasteiger partial charge is 0.493 e. The van der Waals surface area contributed by atoms with Crippen LogP contribution in [0.4, 0.5) is 0 Å². The highest BCUT2D eigenvalue weighted by molar-refractivity contribution is 6.15. The van der Waals surface area contributed by atoms with Crippen molar-refractivity contribution < 1.29 is 14.3 Å². The average molecular weight is 500 g/mol. The first-order valence-electron chi connectivity index (χ1n) is 12.2. The molecule has 2 aliphatic rings. The van der Waals surface area contributed by atoms with E-state index in [1.54, 1.807) is 14.2 Å². The monoisotopic (exact) mass is 499 g/mol. The first kappa shape index (κ1) is 27.0. The molecular weight excluding hydrogens is 462 g/mol. The van der Waals surface area contributed by atoms with Crippen molar-refractivity contribution in [3.05, 3.63) is 58.7 Å². The molecule has 2 aromatic rings. The Labute approximate surface area is 215 Å². The number of fused-ring (bicyclic) bond motifs is 3. The van der Waals surface area contributed by atoms with E-state index < -0.39 is 0 Å². The zero-order valence-corrected chi connectivity index (χ0v) is 22.7. The number of carbonyl (C=O) groups excluding carboxylic acids is 1. The van der Waals surface area contributed by atoms with Gasteiger partial charge in [0.1, 0.15) is 0 Å². The molecule has 1 saturated heterocycles. The van der Waals surface area contributed by atoms with Crippen molar-refractivity contribution in [2.24, 2.45) is 4.99 Å². The predicted molar refractivity (Wildman–Crippen MR) is 144 cm³/mol. The maximum atomic E-state index is 13.1. The minimum atomic E-state index is 0. The standard InChI is InChI=1S/C28H37N3O3.ClH/c1-17(2)31(18(3)4)28(32)20-10-8-19(9-11-20)27-22-15-26(34-7)25(33-6)14-21(22)23-16-30(5)13-12-24(23)29-27;/h8-11,14-15,17-18,23-24H,12-13,16H2,1-7H3;1H/t23-,24-;/m0./s1. The molecule has 0 spiro atoms. The topological polar surface area (TPSA) is 54.4 Å². The minimum Gasteiger partial charge on any atom is -0.493 e. The van der Waals surface area contributed by atoms with Crippen molar-refractivity contribution >= 4 is 24.0 Å². The Morgan fingerprint density at radius 3 is 2.20 bits per heavy atom. The number of hydrogen-bond donors (Lipinski definition) is 0. The number of likely N-dealkylation sites (tertiary alicyclic amines) is 1. The molecule has 0 bridgehead atoms. The lowest BCUT2D eigenvalue weighted by molar-refractivity contribution is 0.0643. The molecule has 2 atom stereocenters. The van der Waals surface area contributed by atoms with Crippen molar-refractivity contribution in [1.29, 1.82) is 0 Å². The maximum absolute atomic E-state index is 13.1. The van der Waals surface area contributed by atoms with Gasteiger partial charge in [-0.25, -0.2) is 0 Å². The van der Waals surface area contributed by atoms with Gasteiger partial charge in [-0.1, -0.05) is 12.1 Å². The van der Waals surface area contributed by atoms with E-state index in [9.17, 15) is 4.79 Å². The van der Waals surface area contributed by atoms with E-state index in [4.69, 9.17) is 14.5 Å². The molecule has 7 heteroatoms. The van der Waals surface area contributed by atoms with Gasteiger partial charge in [0.15, 0.2) is 11.5 Å². The van der Waals surface area contributed by atoms with Gasteiger partial charge in [0, 0.05) is 41.2 Å². The first-order chi connectivity index (χ1) is 16.2. The van der Waals surface area contributed by atoms with Crippen molar-refractivity contribution in [2.45, 2.75) is 58.2 Å². The highest BCUT2D eigenvalue weighted by Gasteiger charge is 2.36. The summed E-state index contributed by atoms with van der Waals surface area (Å²) in [6.07, 6.45) is 1.02. The number of halogens is 1. The molecule has 1 fully saturated rings. The zero-order chi connectivity index (χ0) is 24.6. The molecule has 1 amide bonds. The lowest BCUT2D eigenvalue weighted by Gasteiger charge is -2.39. The summed E-state index contributed by atoms with van der Waals surface area (Å²) in [7, 11) is 5.51. The first-order valence-corrected chi connectivity index (χ1v) is 12.2. The summed E-state index contributed by atoms with van der Waals surface area (Å²) in [4.78, 5) is 22.7. The van der Waals surface area contributed by atoms with E-state index in [1.807, 2.05) is 29.2 Å². The van der Waals surface area contributed by atoms with Crippen molar-refractivity contribution in [3.63, 3.8) is 0 Å². The molecule has 2 aliphatic heterocycles. The fourth-order valence-corrected chi connectivity index (χ4v) is 5.42. The van der Waals surface area contributed by atoms with E-state index in [2.05, 4.69) is 51.8 Å². The number of carbonyl (C=O) groups is 1. The summed E-state index contributed by atoms with van der Waals surface area (Å²) in [5.74, 6) is 1.83. The van der Waals surface area contributed by atoms with E-state index in [-0.39, 0.29) is 36.4 Å². The molecule has 4 rings (SSSR count). The van der Waals surface area contributed by atoms with Crippen LogP contribution in [0.2, 0.25) is 0 Å². The summed E-state index contributed by atoms with van der Waals surface area (Å²) >= 11 is 0. The highest BCUT2D eigenvalue weighted by Crippen LogP contribution is 2.42. The molecule has 35 heavy (non-hydrogen) atoms. The summed E-state index contributed by atoms with van der Waals surface area (Å²) in [6.45, 7) is 10.2. The van der Waals surface area contributed by atoms with E-state index >= 15 is 0 Å². The highest BCUT2D eigenvalue weighted by atomic mass is 35.5. The van der Waals surface area contributed by atoms with Crippen LogP contribution in [0.15, 0.2) is 41.4 Å². The fraction of sp³-hybridized carbons (Fsp3) is 0.500. The number of ether oxygens (including phenoxy) is 2. The van der Waals surface area contributed by atoms with E-state index in [1.165, 1.54) is 5.56 Å². The van der Waals surface area contributed by atoms with Crippen molar-refractivity contribution in [2.75, 3.05) is 34.4 Å². The Morgan fingerprint density at radius 1 is 1.03 bits per heavy atom. The molecule has 2 heterocycles. The Balaban J connectivity index is 0.00000342. The number of methoxy groups -OCH3 is 2. The number of piperidine rings is 1. The van der Waals surface area contributed by atoms with Gasteiger partial charge in [-0.3, -0.25) is 9.79 Å². The molecular formula is C28H38ClN3O3. The Morgan fingerprint density at radius 2 is 1.63 bits per heavy atom. The molecule has 0 saturated carbocycles. The number of amides is 1. The fourth-order valence-electron chi connectivity index (χ4n) is 5.42. The SMILES string of the molecule is COc1cc2c(cc1OC)[C@@H]1CN(C)CC[C@@H]1N=C2c1ccc(C(=O)N(C(C)C)C(C)C)cc1.Cl. The van der Waals surface area contributed by atoms with Gasteiger partial charge < -0.3 is 19.3 Å². The molecule has 0 radical (unpaired) electrons. The summed E-state index contributed by atoms with van der Waals surface area (Å²) < 4.78 is 11.3. The molecule has 6 nitrogen and oxygen atoms in total. The average Bonchev–Trinajstić information content (AvgIpc) is 2.82. The second kappa shape index (κ2) is 11.0. The number of benzene rings is 2. The molecule has 0 aromatic heterocycles. The smallest absolute Gasteiger partial charge is 0.254 e. The number of rotatable bonds is 6. The van der Waals surface area contributed by atoms with Gasteiger partial charge in [-0.15, -0.1) is 12.4 Å². The van der Waals surface area contributed by atoms with Crippen LogP contribution in [0.5, 0.6) is 11.5 Å². The van der Waals surface area contributed by atoms with Gasteiger partial charge >= 0.3 is 0 Å². The summed E-state index contributed by atoms with van der Waals surface area (Å²) in [6, 6.07) is 12.6. The number of aliphatic imine (C=N–C) groups is 1. The molecule has 2 aromatic carbocycles. The van der Waals surface area contributed by atoms with Crippen LogP contribution in [0.3, 0.4) is 0 Å². The third kappa shape index (κ3) is 5.19. The molecule has 0 aliphatic carbocycles. The Kier molecular flexibility index (Phi) is 8.50. The van der Waals surface area contributed by atoms with Crippen LogP contribution in [0, 0.1) is 0 Å². The third-order valence-electron chi connectivity index (χ3n) is 7.04.